The lowest BCUT2D eigenvalue weighted by molar-refractivity contribution is 0.226. The Morgan fingerprint density at radius 3 is 2.28 bits per heavy atom. The van der Waals surface area contributed by atoms with Crippen molar-refractivity contribution in [2.75, 3.05) is 0 Å². The second kappa shape index (κ2) is 5.75. The summed E-state index contributed by atoms with van der Waals surface area (Å²) in [7, 11) is 0. The molecule has 0 saturated heterocycles. The smallest absolute Gasteiger partial charge is 0.285 e. The molecule has 0 heterocycles. The van der Waals surface area contributed by atoms with E-state index in [2.05, 4.69) is 4.40 Å². The maximum Gasteiger partial charge on any atom is 0.285 e. The minimum Gasteiger partial charge on any atom is -0.591 e. The third-order valence-corrected chi connectivity index (χ3v) is 3.47. The van der Waals surface area contributed by atoms with Crippen molar-refractivity contribution in [3.8, 4) is 0 Å². The molecule has 6 heteroatoms. The Labute approximate surface area is 107 Å². The van der Waals surface area contributed by atoms with Gasteiger partial charge >= 0.3 is 0 Å². The van der Waals surface area contributed by atoms with E-state index in [1.165, 1.54) is 18.2 Å². The van der Waals surface area contributed by atoms with Gasteiger partial charge in [0.25, 0.3) is 6.43 Å². The SMILES string of the molecule is CC(C)(C)[S+]([O-])/N=C(/c1ccccc1F)C(F)F. The summed E-state index contributed by atoms with van der Waals surface area (Å²) in [5.41, 5.74) is -1.09. The zero-order chi connectivity index (χ0) is 13.9. The highest BCUT2D eigenvalue weighted by Crippen LogP contribution is 2.21. The molecule has 18 heavy (non-hydrogen) atoms. The summed E-state index contributed by atoms with van der Waals surface area (Å²) in [5.74, 6) is -0.803. The van der Waals surface area contributed by atoms with Crippen LogP contribution in [0.4, 0.5) is 13.2 Å². The molecule has 1 unspecified atom stereocenters. The van der Waals surface area contributed by atoms with E-state index in [-0.39, 0.29) is 5.56 Å². The van der Waals surface area contributed by atoms with Gasteiger partial charge in [-0.3, -0.25) is 0 Å². The molecule has 0 N–H and O–H groups in total. The van der Waals surface area contributed by atoms with Crippen LogP contribution in [0.25, 0.3) is 0 Å². The van der Waals surface area contributed by atoms with Gasteiger partial charge in [0.2, 0.25) is 0 Å². The highest BCUT2D eigenvalue weighted by Gasteiger charge is 2.30. The average molecular weight is 277 g/mol. The van der Waals surface area contributed by atoms with E-state index >= 15 is 0 Å². The van der Waals surface area contributed by atoms with Crippen LogP contribution >= 0.6 is 0 Å². The van der Waals surface area contributed by atoms with Gasteiger partial charge in [-0.25, -0.2) is 13.2 Å². The molecule has 0 aliphatic carbocycles. The third-order valence-electron chi connectivity index (χ3n) is 2.06. The van der Waals surface area contributed by atoms with Gasteiger partial charge in [0.15, 0.2) is 5.71 Å². The Hall–Kier alpha value is -1.01. The molecule has 0 spiro atoms. The lowest BCUT2D eigenvalue weighted by Gasteiger charge is -2.19. The standard InChI is InChI=1S/C12H14F3NOS/c1-12(2,3)18(17)16-10(11(14)15)8-6-4-5-7-9(8)13/h4-7,11H,1-3H3/b16-10-. The van der Waals surface area contributed by atoms with Crippen LogP contribution in [0.1, 0.15) is 26.3 Å². The Morgan fingerprint density at radius 2 is 1.83 bits per heavy atom. The number of nitrogens with zero attached hydrogens (tertiary/aromatic N) is 1. The average Bonchev–Trinajstić information content (AvgIpc) is 2.25. The van der Waals surface area contributed by atoms with Crippen LogP contribution in [-0.4, -0.2) is 21.4 Å². The molecule has 0 fully saturated rings. The molecule has 2 nitrogen and oxygen atoms in total. The molecule has 0 bridgehead atoms. The van der Waals surface area contributed by atoms with Crippen LogP contribution in [-0.2, 0) is 11.4 Å². The molecular formula is C12H14F3NOS. The van der Waals surface area contributed by atoms with Crippen LogP contribution in [0, 0.1) is 5.82 Å². The first kappa shape index (κ1) is 15.0. The first-order valence-corrected chi connectivity index (χ1v) is 6.38. The van der Waals surface area contributed by atoms with Crippen LogP contribution in [0.15, 0.2) is 28.7 Å². The van der Waals surface area contributed by atoms with Crippen LogP contribution in [0.5, 0.6) is 0 Å². The third kappa shape index (κ3) is 3.74. The zero-order valence-corrected chi connectivity index (χ0v) is 11.1. The molecule has 1 aromatic rings. The normalized spacial score (nSPS) is 15.0. The first-order valence-electron chi connectivity index (χ1n) is 5.27. The lowest BCUT2D eigenvalue weighted by atomic mass is 10.1. The summed E-state index contributed by atoms with van der Waals surface area (Å²) < 4.78 is 53.6. The maximum atomic E-state index is 13.4. The van der Waals surface area contributed by atoms with Crippen LogP contribution in [0.3, 0.4) is 0 Å². The van der Waals surface area contributed by atoms with Gasteiger partial charge in [-0.1, -0.05) is 16.5 Å². The van der Waals surface area contributed by atoms with Crippen LogP contribution in [0.2, 0.25) is 0 Å². The van der Waals surface area contributed by atoms with Crippen molar-refractivity contribution in [2.24, 2.45) is 4.40 Å². The monoisotopic (exact) mass is 277 g/mol. The topological polar surface area (TPSA) is 35.4 Å². The highest BCUT2D eigenvalue weighted by molar-refractivity contribution is 7.91. The maximum absolute atomic E-state index is 13.4. The molecular weight excluding hydrogens is 263 g/mol. The number of halogens is 3. The quantitative estimate of drug-likeness (QED) is 0.616. The number of alkyl halides is 2. The van der Waals surface area contributed by atoms with Gasteiger partial charge in [-0.05, 0) is 32.9 Å². The fraction of sp³-hybridized carbons (Fsp3) is 0.417. The van der Waals surface area contributed by atoms with Gasteiger partial charge in [-0.15, -0.1) is 0 Å². The van der Waals surface area contributed by atoms with E-state index in [0.29, 0.717) is 0 Å². The van der Waals surface area contributed by atoms with E-state index in [9.17, 15) is 17.7 Å². The van der Waals surface area contributed by atoms with Crippen molar-refractivity contribution in [1.82, 2.24) is 0 Å². The van der Waals surface area contributed by atoms with Gasteiger partial charge in [0, 0.05) is 5.56 Å². The Bertz CT molecular complexity index is 443. The summed E-state index contributed by atoms with van der Waals surface area (Å²) in [6.45, 7) is 4.82. The van der Waals surface area contributed by atoms with Crippen molar-refractivity contribution in [3.63, 3.8) is 0 Å². The fourth-order valence-electron chi connectivity index (χ4n) is 1.10. The number of rotatable bonds is 3. The second-order valence-electron chi connectivity index (χ2n) is 4.62. The Balaban J connectivity index is 3.20. The van der Waals surface area contributed by atoms with E-state index < -0.39 is 34.1 Å². The van der Waals surface area contributed by atoms with Crippen molar-refractivity contribution >= 4 is 17.1 Å². The molecule has 100 valence electrons. The predicted octanol–water partition coefficient (Wildman–Crippen LogP) is 3.34. The van der Waals surface area contributed by atoms with E-state index in [1.54, 1.807) is 20.8 Å². The van der Waals surface area contributed by atoms with E-state index in [1.807, 2.05) is 0 Å². The summed E-state index contributed by atoms with van der Waals surface area (Å²) in [6.07, 6.45) is -2.98. The predicted molar refractivity (Wildman–Crippen MR) is 66.8 cm³/mol. The van der Waals surface area contributed by atoms with Crippen molar-refractivity contribution < 1.29 is 17.7 Å². The molecule has 0 amide bonds. The van der Waals surface area contributed by atoms with Gasteiger partial charge in [-0.2, -0.15) is 0 Å². The minimum atomic E-state index is -2.98. The number of hydrogen-bond acceptors (Lipinski definition) is 2. The van der Waals surface area contributed by atoms with Gasteiger partial charge in [0.05, 0.1) is 0 Å². The molecule has 0 aliphatic rings. The molecule has 0 radical (unpaired) electrons. The number of benzene rings is 1. The minimum absolute atomic E-state index is 0.315. The lowest BCUT2D eigenvalue weighted by Crippen LogP contribution is -2.28. The Morgan fingerprint density at radius 1 is 1.28 bits per heavy atom. The summed E-state index contributed by atoms with van der Waals surface area (Å²) in [6, 6.07) is 5.08. The summed E-state index contributed by atoms with van der Waals surface area (Å²) in [4.78, 5) is 0. The molecule has 1 atom stereocenters. The van der Waals surface area contributed by atoms with E-state index in [0.717, 1.165) is 6.07 Å². The van der Waals surface area contributed by atoms with E-state index in [4.69, 9.17) is 0 Å². The Kier molecular flexibility index (Phi) is 4.81. The zero-order valence-electron chi connectivity index (χ0n) is 10.3. The van der Waals surface area contributed by atoms with Gasteiger partial charge < -0.3 is 4.55 Å². The molecule has 1 aromatic carbocycles. The van der Waals surface area contributed by atoms with Crippen molar-refractivity contribution in [3.05, 3.63) is 35.6 Å². The van der Waals surface area contributed by atoms with Crippen LogP contribution < -0.4 is 0 Å². The highest BCUT2D eigenvalue weighted by atomic mass is 32.2. The fourth-order valence-corrected chi connectivity index (χ4v) is 1.73. The largest absolute Gasteiger partial charge is 0.591 e. The molecule has 1 rings (SSSR count). The second-order valence-corrected chi connectivity index (χ2v) is 6.52. The first-order chi connectivity index (χ1) is 8.23. The molecule has 0 saturated carbocycles. The molecule has 0 aliphatic heterocycles. The summed E-state index contributed by atoms with van der Waals surface area (Å²) in [5, 5.41) is 0. The van der Waals surface area contributed by atoms with Crippen molar-refractivity contribution in [1.29, 1.82) is 0 Å². The molecule has 0 aromatic heterocycles. The number of hydrogen-bond donors (Lipinski definition) is 0. The summed E-state index contributed by atoms with van der Waals surface area (Å²) >= 11 is -1.86. The van der Waals surface area contributed by atoms with Gasteiger partial charge in [0.1, 0.15) is 21.9 Å². The van der Waals surface area contributed by atoms with Crippen molar-refractivity contribution in [2.45, 2.75) is 31.9 Å².